The van der Waals surface area contributed by atoms with E-state index in [1.165, 1.54) is 6.07 Å². The molecule has 0 radical (unpaired) electrons. The Morgan fingerprint density at radius 1 is 1.23 bits per heavy atom. The highest BCUT2D eigenvalue weighted by atomic mass is 19.4. The molecule has 0 spiro atoms. The fourth-order valence-corrected chi connectivity index (χ4v) is 3.26. The van der Waals surface area contributed by atoms with Crippen LogP contribution < -0.4 is 10.6 Å². The van der Waals surface area contributed by atoms with Crippen molar-refractivity contribution in [3.8, 4) is 0 Å². The van der Waals surface area contributed by atoms with E-state index >= 15 is 0 Å². The molecule has 26 heavy (non-hydrogen) atoms. The zero-order valence-electron chi connectivity index (χ0n) is 15.2. The van der Waals surface area contributed by atoms with Crippen molar-refractivity contribution >= 4 is 11.8 Å². The maximum absolute atomic E-state index is 12.7. The molecule has 4 nitrogen and oxygen atoms in total. The second-order valence-electron chi connectivity index (χ2n) is 7.80. The fraction of sp³-hybridized carbons (Fsp3) is 0.579. The number of nitrogens with one attached hydrogen (secondary N) is 2. The van der Waals surface area contributed by atoms with E-state index in [2.05, 4.69) is 10.6 Å². The molecule has 0 unspecified atom stereocenters. The molecule has 0 saturated carbocycles. The standard InChI is InChI=1S/C19H25F3N2O2/c1-18(2,3)16-14(8-9-15(25)24-16)23-17(26)13-7-5-4-6-12(13)10-11-19(20,21)22/h4-7,14,16H,8-11H2,1-3H3,(H,23,26)(H,24,25)/t14-,16-/m1/s1. The summed E-state index contributed by atoms with van der Waals surface area (Å²) < 4.78 is 37.6. The summed E-state index contributed by atoms with van der Waals surface area (Å²) in [5.74, 6) is -0.459. The monoisotopic (exact) mass is 370 g/mol. The van der Waals surface area contributed by atoms with E-state index in [4.69, 9.17) is 0 Å². The number of carbonyl (C=O) groups is 2. The topological polar surface area (TPSA) is 58.2 Å². The number of alkyl halides is 3. The van der Waals surface area contributed by atoms with Crippen LogP contribution in [0.1, 0.15) is 56.0 Å². The van der Waals surface area contributed by atoms with Gasteiger partial charge in [-0.3, -0.25) is 9.59 Å². The Balaban J connectivity index is 2.15. The first-order valence-electron chi connectivity index (χ1n) is 8.72. The first kappa shape index (κ1) is 20.3. The Labute approximate surface area is 151 Å². The molecule has 1 heterocycles. The second kappa shape index (κ2) is 7.68. The van der Waals surface area contributed by atoms with Crippen LogP contribution in [-0.2, 0) is 11.2 Å². The van der Waals surface area contributed by atoms with Gasteiger partial charge in [0.15, 0.2) is 0 Å². The van der Waals surface area contributed by atoms with E-state index < -0.39 is 18.5 Å². The summed E-state index contributed by atoms with van der Waals surface area (Å²) in [6.07, 6.45) is -4.66. The molecule has 0 bridgehead atoms. The van der Waals surface area contributed by atoms with E-state index in [1.54, 1.807) is 18.2 Å². The third-order valence-corrected chi connectivity index (χ3v) is 4.59. The molecule has 2 rings (SSSR count). The number of hydrogen-bond acceptors (Lipinski definition) is 2. The van der Waals surface area contributed by atoms with Crippen molar-refractivity contribution in [1.82, 2.24) is 10.6 Å². The molecular weight excluding hydrogens is 345 g/mol. The highest BCUT2D eigenvalue weighted by Gasteiger charge is 2.38. The van der Waals surface area contributed by atoms with Gasteiger partial charge in [-0.2, -0.15) is 13.2 Å². The van der Waals surface area contributed by atoms with Crippen LogP contribution >= 0.6 is 0 Å². The number of aryl methyl sites for hydroxylation is 1. The van der Waals surface area contributed by atoms with E-state index in [9.17, 15) is 22.8 Å². The lowest BCUT2D eigenvalue weighted by atomic mass is 9.78. The molecule has 1 aliphatic rings. The smallest absolute Gasteiger partial charge is 0.351 e. The van der Waals surface area contributed by atoms with Gasteiger partial charge in [-0.25, -0.2) is 0 Å². The van der Waals surface area contributed by atoms with E-state index in [0.717, 1.165) is 0 Å². The van der Waals surface area contributed by atoms with Crippen LogP contribution in [0.4, 0.5) is 13.2 Å². The summed E-state index contributed by atoms with van der Waals surface area (Å²) in [7, 11) is 0. The molecule has 144 valence electrons. The number of halogens is 3. The Morgan fingerprint density at radius 2 is 1.88 bits per heavy atom. The molecule has 1 aromatic rings. The van der Waals surface area contributed by atoms with Crippen LogP contribution in [0.2, 0.25) is 0 Å². The maximum atomic E-state index is 12.7. The molecule has 2 amide bonds. The van der Waals surface area contributed by atoms with Gasteiger partial charge in [-0.05, 0) is 29.9 Å². The number of hydrogen-bond donors (Lipinski definition) is 2. The number of carbonyl (C=O) groups excluding carboxylic acids is 2. The molecule has 7 heteroatoms. The van der Waals surface area contributed by atoms with Gasteiger partial charge in [-0.15, -0.1) is 0 Å². The van der Waals surface area contributed by atoms with E-state index in [-0.39, 0.29) is 35.4 Å². The Hall–Kier alpha value is -2.05. The maximum Gasteiger partial charge on any atom is 0.389 e. The third-order valence-electron chi connectivity index (χ3n) is 4.59. The van der Waals surface area contributed by atoms with Crippen LogP contribution in [0.3, 0.4) is 0 Å². The lowest BCUT2D eigenvalue weighted by Gasteiger charge is -2.41. The van der Waals surface area contributed by atoms with Crippen LogP contribution in [0.15, 0.2) is 24.3 Å². The van der Waals surface area contributed by atoms with Crippen LogP contribution in [0.5, 0.6) is 0 Å². The van der Waals surface area contributed by atoms with Gasteiger partial charge in [0, 0.05) is 18.4 Å². The van der Waals surface area contributed by atoms with Gasteiger partial charge in [0.05, 0.1) is 12.1 Å². The quantitative estimate of drug-likeness (QED) is 0.851. The van der Waals surface area contributed by atoms with Crippen LogP contribution in [-0.4, -0.2) is 30.1 Å². The van der Waals surface area contributed by atoms with Crippen molar-refractivity contribution in [3.05, 3.63) is 35.4 Å². The molecule has 2 N–H and O–H groups in total. The molecular formula is C19H25F3N2O2. The second-order valence-corrected chi connectivity index (χ2v) is 7.80. The lowest BCUT2D eigenvalue weighted by molar-refractivity contribution is -0.134. The van der Waals surface area contributed by atoms with Crippen molar-refractivity contribution < 1.29 is 22.8 Å². The highest BCUT2D eigenvalue weighted by Crippen LogP contribution is 2.27. The average molecular weight is 370 g/mol. The fourth-order valence-electron chi connectivity index (χ4n) is 3.26. The zero-order chi connectivity index (χ0) is 19.5. The summed E-state index contributed by atoms with van der Waals surface area (Å²) in [5, 5.41) is 5.84. The van der Waals surface area contributed by atoms with E-state index in [0.29, 0.717) is 18.4 Å². The van der Waals surface area contributed by atoms with Crippen molar-refractivity contribution in [3.63, 3.8) is 0 Å². The number of piperidine rings is 1. The number of amides is 2. The minimum Gasteiger partial charge on any atom is -0.351 e. The lowest BCUT2D eigenvalue weighted by Crippen LogP contribution is -2.60. The van der Waals surface area contributed by atoms with Gasteiger partial charge in [-0.1, -0.05) is 39.0 Å². The summed E-state index contributed by atoms with van der Waals surface area (Å²) in [6, 6.07) is 5.84. The minimum atomic E-state index is -4.27. The van der Waals surface area contributed by atoms with Gasteiger partial charge in [0.1, 0.15) is 0 Å². The van der Waals surface area contributed by atoms with Gasteiger partial charge >= 0.3 is 6.18 Å². The van der Waals surface area contributed by atoms with Crippen molar-refractivity contribution in [2.24, 2.45) is 5.41 Å². The molecule has 1 saturated heterocycles. The van der Waals surface area contributed by atoms with Crippen LogP contribution in [0.25, 0.3) is 0 Å². The van der Waals surface area contributed by atoms with Crippen molar-refractivity contribution in [1.29, 1.82) is 0 Å². The highest BCUT2D eigenvalue weighted by molar-refractivity contribution is 5.96. The summed E-state index contributed by atoms with van der Waals surface area (Å²) >= 11 is 0. The van der Waals surface area contributed by atoms with Gasteiger partial charge in [0.25, 0.3) is 5.91 Å². The largest absolute Gasteiger partial charge is 0.389 e. The Morgan fingerprint density at radius 3 is 2.50 bits per heavy atom. The van der Waals surface area contributed by atoms with Crippen molar-refractivity contribution in [2.75, 3.05) is 0 Å². The number of benzene rings is 1. The number of rotatable bonds is 4. The summed E-state index contributed by atoms with van der Waals surface area (Å²) in [4.78, 5) is 24.4. The predicted molar refractivity (Wildman–Crippen MR) is 92.7 cm³/mol. The normalized spacial score (nSPS) is 21.2. The molecule has 0 aliphatic carbocycles. The summed E-state index contributed by atoms with van der Waals surface area (Å²) in [5.41, 5.74) is 0.361. The first-order chi connectivity index (χ1) is 12.0. The molecule has 1 aromatic carbocycles. The third kappa shape index (κ3) is 5.47. The van der Waals surface area contributed by atoms with Crippen LogP contribution in [0, 0.1) is 5.41 Å². The molecule has 0 aromatic heterocycles. The molecule has 2 atom stereocenters. The summed E-state index contributed by atoms with van der Waals surface area (Å²) in [6.45, 7) is 5.92. The molecule has 1 aliphatic heterocycles. The first-order valence-corrected chi connectivity index (χ1v) is 8.72. The predicted octanol–water partition coefficient (Wildman–Crippen LogP) is 3.60. The van der Waals surface area contributed by atoms with E-state index in [1.807, 2.05) is 20.8 Å². The van der Waals surface area contributed by atoms with Gasteiger partial charge in [0.2, 0.25) is 5.91 Å². The molecule has 1 fully saturated rings. The minimum absolute atomic E-state index is 0.0546. The van der Waals surface area contributed by atoms with Gasteiger partial charge < -0.3 is 10.6 Å². The Kier molecular flexibility index (Phi) is 5.98. The zero-order valence-corrected chi connectivity index (χ0v) is 15.2. The Bertz CT molecular complexity index is 665. The SMILES string of the molecule is CC(C)(C)[C@@H]1NC(=O)CC[C@H]1NC(=O)c1ccccc1CCC(F)(F)F. The van der Waals surface area contributed by atoms with Crippen molar-refractivity contribution in [2.45, 2.75) is 64.7 Å². The average Bonchev–Trinajstić information content (AvgIpc) is 2.53.